The second-order valence-corrected chi connectivity index (χ2v) is 15.7. The Morgan fingerprint density at radius 2 is 1.71 bits per heavy atom. The van der Waals surface area contributed by atoms with Crippen LogP contribution in [-0.4, -0.2) is 86.9 Å². The molecule has 8 atom stereocenters. The van der Waals surface area contributed by atoms with Crippen LogP contribution in [0.1, 0.15) is 109 Å². The number of amides is 5. The smallest absolute Gasteiger partial charge is 0.289 e. The van der Waals surface area contributed by atoms with Gasteiger partial charge in [0.15, 0.2) is 0 Å². The van der Waals surface area contributed by atoms with Gasteiger partial charge in [0.2, 0.25) is 23.5 Å². The molecule has 5 amide bonds. The molecule has 0 aromatic carbocycles. The lowest BCUT2D eigenvalue weighted by Gasteiger charge is -2.38. The predicted molar refractivity (Wildman–Crippen MR) is 181 cm³/mol. The number of ketones is 1. The average Bonchev–Trinajstić information content (AvgIpc) is 3.65. The van der Waals surface area contributed by atoms with E-state index in [-0.39, 0.29) is 35.4 Å². The fourth-order valence-corrected chi connectivity index (χ4v) is 8.30. The number of rotatable bonds is 10. The lowest BCUT2D eigenvalue weighted by Crippen LogP contribution is -2.62. The molecule has 4 aliphatic rings. The van der Waals surface area contributed by atoms with Crippen LogP contribution in [0.3, 0.4) is 0 Å². The van der Waals surface area contributed by atoms with E-state index >= 15 is 0 Å². The van der Waals surface area contributed by atoms with Gasteiger partial charge in [-0.15, -0.1) is 0 Å². The highest BCUT2D eigenvalue weighted by Gasteiger charge is 2.55. The zero-order chi connectivity index (χ0) is 35.5. The fourth-order valence-electron chi connectivity index (χ4n) is 8.30. The molecule has 268 valence electrons. The Morgan fingerprint density at radius 1 is 0.980 bits per heavy atom. The highest BCUT2D eigenvalue weighted by molar-refractivity contribution is 6.38. The summed E-state index contributed by atoms with van der Waals surface area (Å²) in [6, 6.07) is -3.84. The van der Waals surface area contributed by atoms with E-state index in [4.69, 9.17) is 0 Å². The number of hydrogen-bond donors (Lipinski definition) is 4. The van der Waals surface area contributed by atoms with Crippen molar-refractivity contribution in [3.8, 4) is 0 Å². The van der Waals surface area contributed by atoms with Gasteiger partial charge in [0.25, 0.3) is 11.8 Å². The molecular weight excluding hydrogens is 626 g/mol. The molecule has 3 heterocycles. The minimum atomic E-state index is -0.992. The summed E-state index contributed by atoms with van der Waals surface area (Å²) in [5.74, 6) is -2.91. The molecule has 49 heavy (non-hydrogen) atoms. The molecule has 2 aliphatic carbocycles. The van der Waals surface area contributed by atoms with Crippen LogP contribution < -0.4 is 21.3 Å². The van der Waals surface area contributed by atoms with Crippen molar-refractivity contribution in [1.29, 1.82) is 0 Å². The lowest BCUT2D eigenvalue weighted by molar-refractivity contribution is -0.146. The number of aromatic nitrogens is 2. The maximum absolute atomic E-state index is 14.6. The van der Waals surface area contributed by atoms with Crippen molar-refractivity contribution in [3.63, 3.8) is 0 Å². The zero-order valence-electron chi connectivity index (χ0n) is 29.5. The lowest BCUT2D eigenvalue weighted by atomic mass is 9.82. The third-order valence-electron chi connectivity index (χ3n) is 11.2. The van der Waals surface area contributed by atoms with E-state index in [9.17, 15) is 28.8 Å². The second kappa shape index (κ2) is 15.3. The number of carbonyl (C=O) groups excluding carboxylic acids is 6. The van der Waals surface area contributed by atoms with E-state index < -0.39 is 59.0 Å². The normalized spacial score (nSPS) is 27.4. The van der Waals surface area contributed by atoms with Crippen LogP contribution in [0.2, 0.25) is 0 Å². The monoisotopic (exact) mass is 679 g/mol. The van der Waals surface area contributed by atoms with Crippen molar-refractivity contribution < 1.29 is 28.8 Å². The van der Waals surface area contributed by atoms with E-state index in [1.165, 1.54) is 18.6 Å². The topological polar surface area (TPSA) is 180 Å². The van der Waals surface area contributed by atoms with Crippen molar-refractivity contribution in [3.05, 3.63) is 24.3 Å². The molecule has 4 fully saturated rings. The Hall–Kier alpha value is -3.90. The Balaban J connectivity index is 1.37. The molecule has 0 radical (unpaired) electrons. The summed E-state index contributed by atoms with van der Waals surface area (Å²) < 4.78 is 0. The maximum Gasteiger partial charge on any atom is 0.289 e. The zero-order valence-corrected chi connectivity index (χ0v) is 29.5. The van der Waals surface area contributed by atoms with E-state index in [2.05, 4.69) is 31.2 Å². The molecule has 13 heteroatoms. The number of carbonyl (C=O) groups is 6. The number of fused-ring (bicyclic) bond motifs is 1. The standard InChI is InChI=1S/C36H53N7O6/c1-6-20(2)39-34(48)29(44)25-13-12-21-16-23-19-43(28(24(23)17-21)33(47)40-25)35(49)30(36(3,4)5)42-32(46)27(22-10-8-7-9-11-22)41-31(45)26-18-37-14-15-38-26/h14-15,18,20-25,27-28,30H,6-13,16-17,19H2,1-5H3,(H,39,48)(H,40,47)(H,41,45)(H,42,46)/t20-,21?,23-,24-,25-,27-,28-,30+/m0/s1. The molecule has 1 aromatic heterocycles. The summed E-state index contributed by atoms with van der Waals surface area (Å²) in [4.78, 5) is 91.6. The fraction of sp³-hybridized carbons (Fsp3) is 0.722. The number of nitrogens with zero attached hydrogens (tertiary/aromatic N) is 3. The summed E-state index contributed by atoms with van der Waals surface area (Å²) in [6.45, 7) is 9.71. The molecule has 1 aromatic rings. The Bertz CT molecular complexity index is 1410. The van der Waals surface area contributed by atoms with E-state index in [0.717, 1.165) is 44.9 Å². The van der Waals surface area contributed by atoms with Crippen molar-refractivity contribution in [2.45, 2.75) is 129 Å². The van der Waals surface area contributed by atoms with Gasteiger partial charge in [0.05, 0.1) is 12.2 Å². The molecule has 2 aliphatic heterocycles. The van der Waals surface area contributed by atoms with Gasteiger partial charge in [0, 0.05) is 25.0 Å². The van der Waals surface area contributed by atoms with Crippen LogP contribution in [0.4, 0.5) is 0 Å². The summed E-state index contributed by atoms with van der Waals surface area (Å²) in [6.07, 6.45) is 12.0. The maximum atomic E-state index is 14.6. The molecule has 2 saturated heterocycles. The quantitative estimate of drug-likeness (QED) is 0.272. The number of Topliss-reactive ketones (excluding diaryl/α,β-unsaturated/α-hetero) is 1. The third-order valence-corrected chi connectivity index (χ3v) is 11.2. The first-order valence-electron chi connectivity index (χ1n) is 18.1. The molecule has 2 saturated carbocycles. The first kappa shape index (κ1) is 36.4. The van der Waals surface area contributed by atoms with Crippen LogP contribution in [0.5, 0.6) is 0 Å². The first-order valence-corrected chi connectivity index (χ1v) is 18.1. The Morgan fingerprint density at radius 3 is 2.37 bits per heavy atom. The summed E-state index contributed by atoms with van der Waals surface area (Å²) in [7, 11) is 0. The van der Waals surface area contributed by atoms with Crippen LogP contribution in [0.15, 0.2) is 18.6 Å². The third kappa shape index (κ3) is 8.29. The number of nitrogens with one attached hydrogen (secondary N) is 4. The Labute approximate surface area is 288 Å². The Kier molecular flexibility index (Phi) is 11.4. The minimum Gasteiger partial charge on any atom is -0.347 e. The second-order valence-electron chi connectivity index (χ2n) is 15.7. The summed E-state index contributed by atoms with van der Waals surface area (Å²) in [5, 5.41) is 11.5. The molecule has 2 bridgehead atoms. The van der Waals surface area contributed by atoms with Crippen molar-refractivity contribution in [1.82, 2.24) is 36.1 Å². The molecule has 0 spiro atoms. The van der Waals surface area contributed by atoms with Crippen LogP contribution in [-0.2, 0) is 24.0 Å². The number of likely N-dealkylation sites (tertiary alicyclic amines) is 1. The van der Waals surface area contributed by atoms with Gasteiger partial charge in [-0.2, -0.15) is 0 Å². The predicted octanol–water partition coefficient (Wildman–Crippen LogP) is 2.30. The van der Waals surface area contributed by atoms with Crippen LogP contribution in [0, 0.1) is 29.1 Å². The first-order chi connectivity index (χ1) is 23.3. The molecule has 1 unspecified atom stereocenters. The van der Waals surface area contributed by atoms with Crippen LogP contribution in [0.25, 0.3) is 0 Å². The van der Waals surface area contributed by atoms with Gasteiger partial charge < -0.3 is 26.2 Å². The van der Waals surface area contributed by atoms with Gasteiger partial charge in [-0.05, 0) is 81.0 Å². The number of hydrogen-bond acceptors (Lipinski definition) is 8. The van der Waals surface area contributed by atoms with Gasteiger partial charge >= 0.3 is 0 Å². The van der Waals surface area contributed by atoms with Gasteiger partial charge in [-0.25, -0.2) is 4.98 Å². The van der Waals surface area contributed by atoms with E-state index in [1.807, 2.05) is 34.6 Å². The average molecular weight is 680 g/mol. The van der Waals surface area contributed by atoms with Gasteiger partial charge in [0.1, 0.15) is 23.8 Å². The van der Waals surface area contributed by atoms with E-state index in [1.54, 1.807) is 4.90 Å². The molecular formula is C36H53N7O6. The van der Waals surface area contributed by atoms with Gasteiger partial charge in [-0.1, -0.05) is 47.0 Å². The van der Waals surface area contributed by atoms with Crippen molar-refractivity contribution in [2.75, 3.05) is 6.54 Å². The molecule has 5 rings (SSSR count). The summed E-state index contributed by atoms with van der Waals surface area (Å²) in [5.41, 5.74) is -0.637. The van der Waals surface area contributed by atoms with Crippen molar-refractivity contribution in [2.24, 2.45) is 29.1 Å². The minimum absolute atomic E-state index is 0.0747. The van der Waals surface area contributed by atoms with Crippen molar-refractivity contribution >= 4 is 35.3 Å². The summed E-state index contributed by atoms with van der Waals surface area (Å²) >= 11 is 0. The van der Waals surface area contributed by atoms with E-state index in [0.29, 0.717) is 31.7 Å². The molecule has 13 nitrogen and oxygen atoms in total. The highest BCUT2D eigenvalue weighted by atomic mass is 16.2. The van der Waals surface area contributed by atoms with Crippen LogP contribution >= 0.6 is 0 Å². The van der Waals surface area contributed by atoms with Gasteiger partial charge in [-0.3, -0.25) is 33.8 Å². The SMILES string of the molecule is CC[C@H](C)NC(=O)C(=O)[C@@H]1CCC2C[C@H]3CN(C(=O)[C@@H](NC(=O)[C@@H](NC(=O)c4cnccn4)C4CCCCC4)C(C)(C)C)[C@H](C(=O)N1)[C@H]3C2. The highest BCUT2D eigenvalue weighted by Crippen LogP contribution is 2.48. The largest absolute Gasteiger partial charge is 0.347 e. The molecule has 4 N–H and O–H groups in total.